The molecule has 1 aromatic rings. The van der Waals surface area contributed by atoms with Crippen LogP contribution in [0.4, 0.5) is 10.5 Å². The molecule has 0 saturated heterocycles. The van der Waals surface area contributed by atoms with Crippen LogP contribution in [0.5, 0.6) is 5.88 Å². The molecule has 6 nitrogen and oxygen atoms in total. The predicted octanol–water partition coefficient (Wildman–Crippen LogP) is 1.67. The van der Waals surface area contributed by atoms with Gasteiger partial charge in [0.25, 0.3) is 0 Å². The minimum Gasteiger partial charge on any atom is -0.481 e. The first-order valence-electron chi connectivity index (χ1n) is 6.29. The summed E-state index contributed by atoms with van der Waals surface area (Å²) in [6, 6.07) is 3.51. The van der Waals surface area contributed by atoms with Gasteiger partial charge in [-0.3, -0.25) is 4.90 Å². The number of methoxy groups -OCH3 is 1. The average molecular weight is 265 g/mol. The van der Waals surface area contributed by atoms with Crippen LogP contribution in [0.15, 0.2) is 12.1 Å². The van der Waals surface area contributed by atoms with Crippen molar-refractivity contribution in [3.05, 3.63) is 17.8 Å². The van der Waals surface area contributed by atoms with Crippen LogP contribution in [0.2, 0.25) is 0 Å². The lowest BCUT2D eigenvalue weighted by atomic mass is 9.96. The zero-order valence-electron chi connectivity index (χ0n) is 11.5. The fourth-order valence-corrected chi connectivity index (χ4v) is 2.23. The van der Waals surface area contributed by atoms with E-state index in [4.69, 9.17) is 15.2 Å². The summed E-state index contributed by atoms with van der Waals surface area (Å²) >= 11 is 0. The van der Waals surface area contributed by atoms with Gasteiger partial charge in [-0.2, -0.15) is 0 Å². The van der Waals surface area contributed by atoms with Crippen molar-refractivity contribution < 1.29 is 14.3 Å². The molecule has 0 radical (unpaired) electrons. The number of rotatable bonds is 2. The van der Waals surface area contributed by atoms with E-state index < -0.39 is 11.8 Å². The Morgan fingerprint density at radius 1 is 1.58 bits per heavy atom. The number of nitrogens with zero attached hydrogens (tertiary/aromatic N) is 2. The van der Waals surface area contributed by atoms with Crippen molar-refractivity contribution in [3.8, 4) is 5.88 Å². The number of pyridine rings is 1. The van der Waals surface area contributed by atoms with E-state index >= 15 is 0 Å². The Balaban J connectivity index is 2.43. The van der Waals surface area contributed by atoms with Crippen LogP contribution in [-0.2, 0) is 11.2 Å². The van der Waals surface area contributed by atoms with Crippen molar-refractivity contribution in [2.75, 3.05) is 18.6 Å². The number of hydrogen-bond donors (Lipinski definition) is 1. The summed E-state index contributed by atoms with van der Waals surface area (Å²) in [5.41, 5.74) is 6.93. The Hall–Kier alpha value is -1.82. The Bertz CT molecular complexity index is 488. The summed E-state index contributed by atoms with van der Waals surface area (Å²) in [6.07, 6.45) is 0.884. The first-order chi connectivity index (χ1) is 8.99. The van der Waals surface area contributed by atoms with Crippen LogP contribution >= 0.6 is 0 Å². The third kappa shape index (κ3) is 2.49. The third-order valence-corrected chi connectivity index (χ3v) is 3.20. The van der Waals surface area contributed by atoms with Gasteiger partial charge in [-0.1, -0.05) is 0 Å². The van der Waals surface area contributed by atoms with Crippen molar-refractivity contribution in [2.45, 2.75) is 32.4 Å². The van der Waals surface area contributed by atoms with E-state index in [0.29, 0.717) is 31.0 Å². The van der Waals surface area contributed by atoms with Crippen LogP contribution in [0.1, 0.15) is 26.0 Å². The number of fused-ring (bicyclic) bond motifs is 1. The number of nitrogens with two attached hydrogens (primary N) is 1. The lowest BCUT2D eigenvalue weighted by Crippen LogP contribution is -2.59. The van der Waals surface area contributed by atoms with E-state index in [2.05, 4.69) is 4.98 Å². The lowest BCUT2D eigenvalue weighted by molar-refractivity contribution is 0.150. The van der Waals surface area contributed by atoms with E-state index in [9.17, 15) is 4.79 Å². The van der Waals surface area contributed by atoms with Gasteiger partial charge in [-0.15, -0.1) is 0 Å². The van der Waals surface area contributed by atoms with Gasteiger partial charge in [0.2, 0.25) is 5.88 Å². The van der Waals surface area contributed by atoms with Crippen LogP contribution in [0.3, 0.4) is 0 Å². The molecule has 2 N–H and O–H groups in total. The van der Waals surface area contributed by atoms with Crippen molar-refractivity contribution in [2.24, 2.45) is 5.73 Å². The van der Waals surface area contributed by atoms with Gasteiger partial charge in [0.05, 0.1) is 30.8 Å². The van der Waals surface area contributed by atoms with E-state index in [-0.39, 0.29) is 0 Å². The molecule has 0 bridgehead atoms. The maximum atomic E-state index is 12.1. The highest BCUT2D eigenvalue weighted by molar-refractivity contribution is 5.90. The minimum absolute atomic E-state index is 0.310. The number of carbonyl (C=O) groups is 1. The van der Waals surface area contributed by atoms with Gasteiger partial charge in [0.15, 0.2) is 0 Å². The van der Waals surface area contributed by atoms with E-state index in [1.54, 1.807) is 26.2 Å². The summed E-state index contributed by atoms with van der Waals surface area (Å²) in [5.74, 6) is 0.531. The fourth-order valence-electron chi connectivity index (χ4n) is 2.23. The minimum atomic E-state index is -0.768. The quantitative estimate of drug-likeness (QED) is 0.880. The molecule has 2 heterocycles. The van der Waals surface area contributed by atoms with Gasteiger partial charge in [-0.25, -0.2) is 9.78 Å². The molecule has 0 saturated carbocycles. The third-order valence-electron chi connectivity index (χ3n) is 3.20. The van der Waals surface area contributed by atoms with Crippen molar-refractivity contribution in [3.63, 3.8) is 0 Å². The highest BCUT2D eigenvalue weighted by Gasteiger charge is 2.39. The number of hydrogen-bond acceptors (Lipinski definition) is 5. The van der Waals surface area contributed by atoms with Gasteiger partial charge in [-0.05, 0) is 32.8 Å². The molecule has 1 aliphatic heterocycles. The number of aromatic nitrogens is 1. The largest absolute Gasteiger partial charge is 0.481 e. The smallest absolute Gasteiger partial charge is 0.415 e. The fraction of sp³-hybridized carbons (Fsp3) is 0.538. The van der Waals surface area contributed by atoms with Crippen LogP contribution < -0.4 is 15.4 Å². The molecular weight excluding hydrogens is 246 g/mol. The molecule has 0 spiro atoms. The number of amides is 1. The van der Waals surface area contributed by atoms with E-state index in [0.717, 1.165) is 5.69 Å². The van der Waals surface area contributed by atoms with Gasteiger partial charge in [0.1, 0.15) is 0 Å². The van der Waals surface area contributed by atoms with Gasteiger partial charge >= 0.3 is 6.09 Å². The molecule has 0 fully saturated rings. The maximum Gasteiger partial charge on any atom is 0.415 e. The standard InChI is InChI=1S/C13H19N3O3/c1-4-19-12(17)16-10-5-6-11(18-3)15-9(10)7-8-13(16,2)14/h5-6H,4,7-8,14H2,1-3H3. The second-order valence-electron chi connectivity index (χ2n) is 4.71. The first-order valence-corrected chi connectivity index (χ1v) is 6.29. The number of carbonyl (C=O) groups excluding carboxylic acids is 1. The summed E-state index contributed by atoms with van der Waals surface area (Å²) in [4.78, 5) is 17.9. The predicted molar refractivity (Wildman–Crippen MR) is 71.2 cm³/mol. The highest BCUT2D eigenvalue weighted by atomic mass is 16.6. The maximum absolute atomic E-state index is 12.1. The lowest BCUT2D eigenvalue weighted by Gasteiger charge is -2.41. The Morgan fingerprint density at radius 3 is 2.95 bits per heavy atom. The Morgan fingerprint density at radius 2 is 2.32 bits per heavy atom. The number of anilines is 1. The zero-order valence-corrected chi connectivity index (χ0v) is 11.5. The van der Waals surface area contributed by atoms with Gasteiger partial charge in [0, 0.05) is 6.07 Å². The second-order valence-corrected chi connectivity index (χ2v) is 4.71. The molecule has 1 atom stereocenters. The molecule has 19 heavy (non-hydrogen) atoms. The molecular formula is C13H19N3O3. The SMILES string of the molecule is CCOC(=O)N1c2ccc(OC)nc2CCC1(C)N. The van der Waals surface area contributed by atoms with Crippen LogP contribution in [0.25, 0.3) is 0 Å². The monoisotopic (exact) mass is 265 g/mol. The van der Waals surface area contributed by atoms with Crippen molar-refractivity contribution in [1.82, 2.24) is 4.98 Å². The molecule has 1 aromatic heterocycles. The summed E-state index contributed by atoms with van der Waals surface area (Å²) in [7, 11) is 1.56. The number of ether oxygens (including phenoxy) is 2. The Kier molecular flexibility index (Phi) is 3.61. The summed E-state index contributed by atoms with van der Waals surface area (Å²) in [6.45, 7) is 3.89. The highest BCUT2D eigenvalue weighted by Crippen LogP contribution is 2.34. The normalized spacial score (nSPS) is 21.8. The molecule has 0 aliphatic carbocycles. The zero-order chi connectivity index (χ0) is 14.0. The molecule has 6 heteroatoms. The number of aryl methyl sites for hydroxylation is 1. The van der Waals surface area contributed by atoms with Crippen LogP contribution in [0, 0.1) is 0 Å². The van der Waals surface area contributed by atoms with Crippen LogP contribution in [-0.4, -0.2) is 30.5 Å². The summed E-state index contributed by atoms with van der Waals surface area (Å²) < 4.78 is 10.2. The van der Waals surface area contributed by atoms with Crippen molar-refractivity contribution >= 4 is 11.8 Å². The topological polar surface area (TPSA) is 77.7 Å². The molecule has 1 aliphatic rings. The molecule has 1 amide bonds. The Labute approximate surface area is 112 Å². The van der Waals surface area contributed by atoms with E-state index in [1.165, 1.54) is 4.90 Å². The molecule has 1 unspecified atom stereocenters. The van der Waals surface area contributed by atoms with Crippen molar-refractivity contribution in [1.29, 1.82) is 0 Å². The first kappa shape index (κ1) is 13.6. The second kappa shape index (κ2) is 5.05. The summed E-state index contributed by atoms with van der Waals surface area (Å²) in [5, 5.41) is 0. The van der Waals surface area contributed by atoms with E-state index in [1.807, 2.05) is 6.92 Å². The molecule has 2 rings (SSSR count). The van der Waals surface area contributed by atoms with Gasteiger partial charge < -0.3 is 15.2 Å². The molecule has 0 aromatic carbocycles. The molecule has 104 valence electrons. The average Bonchev–Trinajstić information content (AvgIpc) is 2.37.